The summed E-state index contributed by atoms with van der Waals surface area (Å²) in [5.41, 5.74) is 10.2. The molecule has 43 heavy (non-hydrogen) atoms. The summed E-state index contributed by atoms with van der Waals surface area (Å²) >= 11 is -5.45. The molecule has 2 aromatic carbocycles. The molecule has 2 unspecified atom stereocenters. The Balaban J connectivity index is 2.07. The van der Waals surface area contributed by atoms with Crippen molar-refractivity contribution in [3.63, 3.8) is 0 Å². The molecule has 2 aromatic rings. The van der Waals surface area contributed by atoms with Crippen molar-refractivity contribution < 1.29 is 33.2 Å². The van der Waals surface area contributed by atoms with E-state index < -0.39 is 33.2 Å². The second-order valence-corrected chi connectivity index (χ2v) is 31.9. The van der Waals surface area contributed by atoms with E-state index >= 15 is 0 Å². The molecular formula is C41H64Ti2. The number of allylic oxidation sites excluding steroid dienone is 2. The molecule has 0 saturated carbocycles. The van der Waals surface area contributed by atoms with E-state index in [0.29, 0.717) is 2.02 Å². The van der Waals surface area contributed by atoms with Crippen LogP contribution < -0.4 is 0 Å². The molecule has 2 heteroatoms. The first-order valence-corrected chi connectivity index (χ1v) is 26.2. The second kappa shape index (κ2) is 15.8. The first kappa shape index (κ1) is 35.2. The van der Waals surface area contributed by atoms with Crippen LogP contribution >= 0.6 is 0 Å². The van der Waals surface area contributed by atoms with E-state index in [1.54, 1.807) is 41.2 Å². The molecule has 0 bridgehead atoms. The van der Waals surface area contributed by atoms with Gasteiger partial charge in [-0.1, -0.05) is 0 Å². The minimum atomic E-state index is -2.73. The molecule has 2 aliphatic carbocycles. The van der Waals surface area contributed by atoms with Gasteiger partial charge in [0, 0.05) is 0 Å². The maximum atomic E-state index is 2.96. The van der Waals surface area contributed by atoms with E-state index in [-0.39, 0.29) is 0 Å². The van der Waals surface area contributed by atoms with Crippen molar-refractivity contribution in [3.8, 4) is 0 Å². The first-order valence-electron chi connectivity index (χ1n) is 18.4. The summed E-state index contributed by atoms with van der Waals surface area (Å²) in [5, 5.41) is 0. The Morgan fingerprint density at radius 3 is 1.14 bits per heavy atom. The van der Waals surface area contributed by atoms with Crippen LogP contribution in [-0.2, 0) is 33.2 Å². The Bertz CT molecular complexity index is 1140. The Kier molecular flexibility index (Phi) is 12.9. The zero-order valence-corrected chi connectivity index (χ0v) is 32.5. The summed E-state index contributed by atoms with van der Waals surface area (Å²) in [6.45, 7) is 20.7. The SMILES string of the molecule is CCC[CH2][Ti]([CH2]CCC)([CH]1C(CC)=Cc2ccccc21)[C](C)(C)[Ti]([CH2]CCC)([CH2]CCC)[CH]1C(CC)=Cc2ccccc21. The third kappa shape index (κ3) is 6.49. The number of rotatable bonds is 18. The van der Waals surface area contributed by atoms with Crippen LogP contribution in [0.25, 0.3) is 12.2 Å². The zero-order valence-electron chi connectivity index (χ0n) is 29.3. The normalized spacial score (nSPS) is 18.4. The number of fused-ring (bicyclic) bond motifs is 2. The summed E-state index contributed by atoms with van der Waals surface area (Å²) in [5.74, 6) is 0. The maximum absolute atomic E-state index is 2.96. The van der Waals surface area contributed by atoms with Gasteiger partial charge in [0.25, 0.3) is 0 Å². The molecular weight excluding hydrogens is 588 g/mol. The number of hydrogen-bond acceptors (Lipinski definition) is 0. The van der Waals surface area contributed by atoms with Crippen LogP contribution in [-0.4, -0.2) is 0 Å². The molecule has 0 spiro atoms. The van der Waals surface area contributed by atoms with Crippen molar-refractivity contribution in [2.45, 2.75) is 149 Å². The molecule has 0 N–H and O–H groups in total. The Hall–Kier alpha value is -0.651. The van der Waals surface area contributed by atoms with Crippen LogP contribution in [0.15, 0.2) is 59.7 Å². The standard InChI is InChI=1S/2C11H11.4C4H9.C3H6.2Ti/c2*1-2-9-7-10-5-3-4-6-11(10)8-9;4*1-3-4-2;1-3-2;;/h2*3-8H,2H2,1H3;4*1,3-4H2,2H3;1-2H3;;. The molecule has 0 saturated heterocycles. The predicted molar refractivity (Wildman–Crippen MR) is 188 cm³/mol. The van der Waals surface area contributed by atoms with Crippen molar-refractivity contribution in [1.29, 1.82) is 0 Å². The van der Waals surface area contributed by atoms with Crippen LogP contribution in [0.4, 0.5) is 0 Å². The fourth-order valence-corrected chi connectivity index (χ4v) is 43.7. The number of hydrogen-bond donors (Lipinski definition) is 0. The number of unbranched alkanes of at least 4 members (excludes halogenated alkanes) is 4. The molecule has 4 rings (SSSR count). The van der Waals surface area contributed by atoms with Gasteiger partial charge in [-0.2, -0.15) is 0 Å². The van der Waals surface area contributed by atoms with E-state index in [9.17, 15) is 0 Å². The fourth-order valence-electron chi connectivity index (χ4n) is 9.96. The van der Waals surface area contributed by atoms with Crippen LogP contribution in [0.1, 0.15) is 150 Å². The van der Waals surface area contributed by atoms with Gasteiger partial charge in [-0.3, -0.25) is 0 Å². The average Bonchev–Trinajstić information content (AvgIpc) is 3.60. The van der Waals surface area contributed by atoms with E-state index in [2.05, 4.69) is 116 Å². The molecule has 2 aliphatic rings. The van der Waals surface area contributed by atoms with Crippen molar-refractivity contribution >= 4 is 12.2 Å². The third-order valence-electron chi connectivity index (χ3n) is 12.4. The number of benzene rings is 2. The van der Waals surface area contributed by atoms with Gasteiger partial charge in [-0.25, -0.2) is 0 Å². The van der Waals surface area contributed by atoms with Crippen molar-refractivity contribution in [2.75, 3.05) is 0 Å². The summed E-state index contributed by atoms with van der Waals surface area (Å²) in [4.78, 5) is 0. The van der Waals surface area contributed by atoms with Gasteiger partial charge in [-0.15, -0.1) is 0 Å². The van der Waals surface area contributed by atoms with Gasteiger partial charge in [0.1, 0.15) is 0 Å². The summed E-state index contributed by atoms with van der Waals surface area (Å²) < 4.78 is 8.23. The van der Waals surface area contributed by atoms with Gasteiger partial charge in [0.15, 0.2) is 0 Å². The summed E-state index contributed by atoms with van der Waals surface area (Å²) in [6, 6.07) is 19.3. The Morgan fingerprint density at radius 2 is 0.837 bits per heavy atom. The molecule has 0 heterocycles. The van der Waals surface area contributed by atoms with Crippen LogP contribution in [0.5, 0.6) is 0 Å². The van der Waals surface area contributed by atoms with E-state index in [4.69, 9.17) is 0 Å². The quantitative estimate of drug-likeness (QED) is 0.141. The van der Waals surface area contributed by atoms with Crippen LogP contribution in [0.3, 0.4) is 0 Å². The monoisotopic (exact) mass is 652 g/mol. The van der Waals surface area contributed by atoms with E-state index in [0.717, 1.165) is 8.45 Å². The molecule has 0 aliphatic heterocycles. The van der Waals surface area contributed by atoms with Gasteiger partial charge < -0.3 is 0 Å². The van der Waals surface area contributed by atoms with Crippen molar-refractivity contribution in [2.24, 2.45) is 0 Å². The van der Waals surface area contributed by atoms with E-state index in [1.807, 2.05) is 11.1 Å². The molecule has 0 aromatic heterocycles. The van der Waals surface area contributed by atoms with Gasteiger partial charge in [0.2, 0.25) is 0 Å². The molecule has 0 amide bonds. The first-order chi connectivity index (χ1) is 20.8. The van der Waals surface area contributed by atoms with E-state index in [1.165, 1.54) is 64.2 Å². The molecule has 0 fully saturated rings. The predicted octanol–water partition coefficient (Wildman–Crippen LogP) is 14.4. The molecule has 2 atom stereocenters. The van der Waals surface area contributed by atoms with Gasteiger partial charge >= 0.3 is 276 Å². The van der Waals surface area contributed by atoms with Crippen LogP contribution in [0.2, 0.25) is 20.9 Å². The van der Waals surface area contributed by atoms with Gasteiger partial charge in [-0.05, 0) is 0 Å². The minimum absolute atomic E-state index is 0.501. The topological polar surface area (TPSA) is 0 Å². The van der Waals surface area contributed by atoms with Crippen LogP contribution in [0, 0.1) is 0 Å². The van der Waals surface area contributed by atoms with Gasteiger partial charge in [0.05, 0.1) is 0 Å². The Labute approximate surface area is 274 Å². The van der Waals surface area contributed by atoms with Crippen molar-refractivity contribution in [3.05, 3.63) is 81.9 Å². The molecule has 0 radical (unpaired) electrons. The fraction of sp³-hybridized carbons (Fsp3) is 0.610. The molecule has 0 nitrogen and oxygen atoms in total. The molecule has 236 valence electrons. The average molecular weight is 653 g/mol. The summed E-state index contributed by atoms with van der Waals surface area (Å²) in [6.07, 6.45) is 18.9. The Morgan fingerprint density at radius 1 is 0.512 bits per heavy atom. The third-order valence-corrected chi connectivity index (χ3v) is 39.9. The van der Waals surface area contributed by atoms with Crippen molar-refractivity contribution in [1.82, 2.24) is 0 Å². The summed E-state index contributed by atoms with van der Waals surface area (Å²) in [7, 11) is 0. The second-order valence-electron chi connectivity index (χ2n) is 14.6. The zero-order chi connectivity index (χ0) is 31.1.